The van der Waals surface area contributed by atoms with Crippen LogP contribution in [-0.2, 0) is 11.2 Å². The quantitative estimate of drug-likeness (QED) is 0.736. The molecule has 0 spiro atoms. The second-order valence-electron chi connectivity index (χ2n) is 3.53. The molecular weight excluding hydrogens is 178 g/mol. The van der Waals surface area contributed by atoms with Gasteiger partial charge in [-0.1, -0.05) is 30.3 Å². The van der Waals surface area contributed by atoms with Gasteiger partial charge in [0.25, 0.3) is 0 Å². The van der Waals surface area contributed by atoms with Crippen molar-refractivity contribution in [2.45, 2.75) is 18.6 Å². The van der Waals surface area contributed by atoms with Crippen LogP contribution >= 0.6 is 0 Å². The number of aliphatic hydroxyl groups excluding tert-OH is 1. The first-order chi connectivity index (χ1) is 6.90. The van der Waals surface area contributed by atoms with Gasteiger partial charge in [0.05, 0.1) is 19.4 Å². The molecule has 76 valence electrons. The smallest absolute Gasteiger partial charge is 0.0979 e. The van der Waals surface area contributed by atoms with E-state index in [1.54, 1.807) is 0 Å². The molecule has 1 aromatic rings. The highest BCUT2D eigenvalue weighted by molar-refractivity contribution is 5.16. The fraction of sp³-hybridized carbons (Fsp3) is 0.455. The van der Waals surface area contributed by atoms with Gasteiger partial charge < -0.3 is 9.84 Å². The fourth-order valence-corrected chi connectivity index (χ4v) is 1.76. The van der Waals surface area contributed by atoms with E-state index in [1.165, 1.54) is 5.56 Å². The fourth-order valence-electron chi connectivity index (χ4n) is 1.76. The lowest BCUT2D eigenvalue weighted by Crippen LogP contribution is -2.34. The third-order valence-electron chi connectivity index (χ3n) is 2.57. The van der Waals surface area contributed by atoms with E-state index in [-0.39, 0.29) is 18.8 Å². The number of benzene rings is 1. The van der Waals surface area contributed by atoms with Crippen molar-refractivity contribution in [1.29, 1.82) is 0 Å². The van der Waals surface area contributed by atoms with Crippen molar-refractivity contribution >= 4 is 0 Å². The normalized spacial score (nSPS) is 26.6. The Labute approximate surface area is 83.7 Å². The van der Waals surface area contributed by atoms with Crippen molar-refractivity contribution in [3.05, 3.63) is 35.9 Å². The predicted octanol–water partition coefficient (Wildman–Crippen LogP) is 0.536. The SMILES string of the molecule is OC[C@H]1OCN[C@H]1Cc1ccccc1. The van der Waals surface area contributed by atoms with Gasteiger partial charge in [-0.05, 0) is 12.0 Å². The van der Waals surface area contributed by atoms with Crippen LogP contribution in [0.15, 0.2) is 30.3 Å². The summed E-state index contributed by atoms with van der Waals surface area (Å²) in [5, 5.41) is 12.3. The first kappa shape index (κ1) is 9.65. The highest BCUT2D eigenvalue weighted by atomic mass is 16.5. The lowest BCUT2D eigenvalue weighted by atomic mass is 10.0. The molecule has 1 fully saturated rings. The van der Waals surface area contributed by atoms with Gasteiger partial charge in [0.1, 0.15) is 0 Å². The van der Waals surface area contributed by atoms with Crippen LogP contribution in [0, 0.1) is 0 Å². The molecule has 0 amide bonds. The minimum Gasteiger partial charge on any atom is -0.394 e. The zero-order chi connectivity index (χ0) is 9.80. The van der Waals surface area contributed by atoms with Crippen LogP contribution in [0.5, 0.6) is 0 Å². The first-order valence-corrected chi connectivity index (χ1v) is 4.90. The molecule has 1 heterocycles. The third-order valence-corrected chi connectivity index (χ3v) is 2.57. The summed E-state index contributed by atoms with van der Waals surface area (Å²) < 4.78 is 5.33. The molecule has 0 unspecified atom stereocenters. The molecule has 3 nitrogen and oxygen atoms in total. The zero-order valence-corrected chi connectivity index (χ0v) is 8.02. The van der Waals surface area contributed by atoms with Gasteiger partial charge in [0.2, 0.25) is 0 Å². The van der Waals surface area contributed by atoms with Crippen LogP contribution in [-0.4, -0.2) is 30.6 Å². The van der Waals surface area contributed by atoms with Gasteiger partial charge in [-0.25, -0.2) is 0 Å². The molecule has 14 heavy (non-hydrogen) atoms. The maximum absolute atomic E-state index is 9.05. The van der Waals surface area contributed by atoms with Crippen LogP contribution in [0.25, 0.3) is 0 Å². The molecule has 0 aliphatic carbocycles. The average Bonchev–Trinajstić information content (AvgIpc) is 2.67. The Hall–Kier alpha value is -0.900. The molecule has 1 saturated heterocycles. The lowest BCUT2D eigenvalue weighted by molar-refractivity contribution is 0.0517. The maximum atomic E-state index is 9.05. The van der Waals surface area contributed by atoms with E-state index in [0.717, 1.165) is 6.42 Å². The van der Waals surface area contributed by atoms with Gasteiger partial charge in [-0.3, -0.25) is 5.32 Å². The van der Waals surface area contributed by atoms with E-state index in [9.17, 15) is 0 Å². The summed E-state index contributed by atoms with van der Waals surface area (Å²) in [7, 11) is 0. The number of hydrogen-bond acceptors (Lipinski definition) is 3. The summed E-state index contributed by atoms with van der Waals surface area (Å²) >= 11 is 0. The van der Waals surface area contributed by atoms with Gasteiger partial charge in [-0.15, -0.1) is 0 Å². The van der Waals surface area contributed by atoms with Crippen molar-refractivity contribution in [3.8, 4) is 0 Å². The lowest BCUT2D eigenvalue weighted by Gasteiger charge is -2.15. The van der Waals surface area contributed by atoms with Crippen LogP contribution in [0.2, 0.25) is 0 Å². The Morgan fingerprint density at radius 2 is 2.14 bits per heavy atom. The second kappa shape index (κ2) is 4.55. The van der Waals surface area contributed by atoms with E-state index < -0.39 is 0 Å². The van der Waals surface area contributed by atoms with Crippen LogP contribution in [0.3, 0.4) is 0 Å². The Morgan fingerprint density at radius 3 is 2.86 bits per heavy atom. The third kappa shape index (κ3) is 2.12. The molecule has 0 aromatic heterocycles. The summed E-state index contributed by atoms with van der Waals surface area (Å²) in [5.74, 6) is 0. The maximum Gasteiger partial charge on any atom is 0.0979 e. The monoisotopic (exact) mass is 193 g/mol. The Kier molecular flexibility index (Phi) is 3.14. The average molecular weight is 193 g/mol. The van der Waals surface area contributed by atoms with Gasteiger partial charge >= 0.3 is 0 Å². The summed E-state index contributed by atoms with van der Waals surface area (Å²) in [6.45, 7) is 0.632. The van der Waals surface area contributed by atoms with Gasteiger partial charge in [-0.2, -0.15) is 0 Å². The van der Waals surface area contributed by atoms with Crippen LogP contribution < -0.4 is 5.32 Å². The van der Waals surface area contributed by atoms with Crippen LogP contribution in [0.4, 0.5) is 0 Å². The van der Waals surface area contributed by atoms with Crippen molar-refractivity contribution in [3.63, 3.8) is 0 Å². The van der Waals surface area contributed by atoms with E-state index in [4.69, 9.17) is 9.84 Å². The number of nitrogens with one attached hydrogen (secondary N) is 1. The van der Waals surface area contributed by atoms with Crippen molar-refractivity contribution in [1.82, 2.24) is 5.32 Å². The van der Waals surface area contributed by atoms with Crippen LogP contribution in [0.1, 0.15) is 5.56 Å². The number of ether oxygens (including phenoxy) is 1. The molecule has 0 bridgehead atoms. The minimum absolute atomic E-state index is 0.0600. The van der Waals surface area contributed by atoms with E-state index >= 15 is 0 Å². The highest BCUT2D eigenvalue weighted by Gasteiger charge is 2.26. The Bertz CT molecular complexity index is 276. The molecular formula is C11H15NO2. The number of rotatable bonds is 3. The Balaban J connectivity index is 1.97. The molecule has 1 aliphatic heterocycles. The summed E-state index contributed by atoms with van der Waals surface area (Å²) in [6.07, 6.45) is 0.849. The van der Waals surface area contributed by atoms with Crippen molar-refractivity contribution < 1.29 is 9.84 Å². The van der Waals surface area contributed by atoms with E-state index in [1.807, 2.05) is 18.2 Å². The van der Waals surface area contributed by atoms with E-state index in [0.29, 0.717) is 6.73 Å². The standard InChI is InChI=1S/C11H15NO2/c13-7-11-10(12-8-14-11)6-9-4-2-1-3-5-9/h1-5,10-13H,6-8H2/t10-,11+/m0/s1. The Morgan fingerprint density at radius 1 is 1.36 bits per heavy atom. The minimum atomic E-state index is -0.0600. The number of hydrogen-bond donors (Lipinski definition) is 2. The summed E-state index contributed by atoms with van der Waals surface area (Å²) in [5.41, 5.74) is 1.27. The van der Waals surface area contributed by atoms with Gasteiger partial charge in [0, 0.05) is 6.04 Å². The molecule has 2 atom stereocenters. The van der Waals surface area contributed by atoms with E-state index in [2.05, 4.69) is 17.4 Å². The molecule has 1 aliphatic rings. The molecule has 0 radical (unpaired) electrons. The summed E-state index contributed by atoms with van der Waals surface area (Å²) in [4.78, 5) is 0. The molecule has 1 aromatic carbocycles. The molecule has 3 heteroatoms. The molecule has 0 saturated carbocycles. The second-order valence-corrected chi connectivity index (χ2v) is 3.53. The first-order valence-electron chi connectivity index (χ1n) is 4.90. The molecule has 2 N–H and O–H groups in total. The number of aliphatic hydroxyl groups is 1. The zero-order valence-electron chi connectivity index (χ0n) is 8.02. The topological polar surface area (TPSA) is 41.5 Å². The predicted molar refractivity (Wildman–Crippen MR) is 53.9 cm³/mol. The summed E-state index contributed by atoms with van der Waals surface area (Å²) in [6, 6.07) is 10.5. The van der Waals surface area contributed by atoms with Gasteiger partial charge in [0.15, 0.2) is 0 Å². The molecule has 2 rings (SSSR count). The van der Waals surface area contributed by atoms with Crippen molar-refractivity contribution in [2.24, 2.45) is 0 Å². The highest BCUT2D eigenvalue weighted by Crippen LogP contribution is 2.12. The largest absolute Gasteiger partial charge is 0.394 e. The van der Waals surface area contributed by atoms with Crippen molar-refractivity contribution in [2.75, 3.05) is 13.3 Å².